The van der Waals surface area contributed by atoms with E-state index in [0.717, 1.165) is 60.9 Å². The predicted molar refractivity (Wildman–Crippen MR) is 203 cm³/mol. The quantitative estimate of drug-likeness (QED) is 0.174. The lowest BCUT2D eigenvalue weighted by Crippen LogP contribution is -1.97. The molecule has 0 spiro atoms. The summed E-state index contributed by atoms with van der Waals surface area (Å²) in [7, 11) is 0. The molecule has 0 fully saturated rings. The van der Waals surface area contributed by atoms with Crippen molar-refractivity contribution in [1.29, 1.82) is 15.8 Å². The van der Waals surface area contributed by atoms with Gasteiger partial charge >= 0.3 is 0 Å². The zero-order valence-corrected chi connectivity index (χ0v) is 27.2. The van der Waals surface area contributed by atoms with Gasteiger partial charge in [0, 0.05) is 33.2 Å². The van der Waals surface area contributed by atoms with E-state index >= 15 is 0 Å². The molecular formula is C46H25N5. The number of hydrogen-bond acceptors (Lipinski definition) is 3. The van der Waals surface area contributed by atoms with E-state index in [1.165, 1.54) is 0 Å². The number of hydrogen-bond donors (Lipinski definition) is 0. The van der Waals surface area contributed by atoms with E-state index < -0.39 is 0 Å². The van der Waals surface area contributed by atoms with E-state index in [1.54, 1.807) is 36.4 Å². The molecule has 5 nitrogen and oxygen atoms in total. The van der Waals surface area contributed by atoms with Crippen LogP contribution >= 0.6 is 0 Å². The van der Waals surface area contributed by atoms with E-state index in [0.29, 0.717) is 33.5 Å². The lowest BCUT2D eigenvalue weighted by atomic mass is 9.92. The molecule has 0 aliphatic heterocycles. The first-order valence-electron chi connectivity index (χ1n) is 16.3. The van der Waals surface area contributed by atoms with Gasteiger partial charge in [0.2, 0.25) is 0 Å². The summed E-state index contributed by atoms with van der Waals surface area (Å²) < 4.78 is 2.21. The fraction of sp³-hybridized carbons (Fsp3) is 0. The van der Waals surface area contributed by atoms with Crippen LogP contribution in [0.25, 0.3) is 76.8 Å². The highest BCUT2D eigenvalue weighted by molar-refractivity contribution is 6.18. The molecule has 1 heterocycles. The summed E-state index contributed by atoms with van der Waals surface area (Å²) in [6.07, 6.45) is 0. The van der Waals surface area contributed by atoms with E-state index in [2.05, 4.69) is 76.2 Å². The van der Waals surface area contributed by atoms with E-state index in [4.69, 9.17) is 6.57 Å². The van der Waals surface area contributed by atoms with Crippen LogP contribution in [-0.2, 0) is 0 Å². The number of aromatic nitrogens is 1. The van der Waals surface area contributed by atoms with Crippen molar-refractivity contribution in [2.75, 3.05) is 0 Å². The molecule has 0 N–H and O–H groups in total. The smallest absolute Gasteiger partial charge is 0.196 e. The topological polar surface area (TPSA) is 80.7 Å². The number of nitrogens with zero attached hydrogens (tertiary/aromatic N) is 5. The molecule has 1 aromatic heterocycles. The molecule has 0 aliphatic rings. The van der Waals surface area contributed by atoms with Crippen molar-refractivity contribution in [3.63, 3.8) is 0 Å². The van der Waals surface area contributed by atoms with Gasteiger partial charge in [0.05, 0.1) is 46.9 Å². The number of nitriles is 3. The van der Waals surface area contributed by atoms with Crippen molar-refractivity contribution in [1.82, 2.24) is 4.57 Å². The first-order valence-corrected chi connectivity index (χ1v) is 16.3. The molecule has 0 amide bonds. The van der Waals surface area contributed by atoms with E-state index in [1.807, 2.05) is 66.7 Å². The number of benzene rings is 7. The predicted octanol–water partition coefficient (Wildman–Crippen LogP) is 11.6. The van der Waals surface area contributed by atoms with E-state index in [9.17, 15) is 15.8 Å². The lowest BCUT2D eigenvalue weighted by molar-refractivity contribution is 1.18. The van der Waals surface area contributed by atoms with Crippen molar-refractivity contribution in [2.45, 2.75) is 0 Å². The van der Waals surface area contributed by atoms with Crippen molar-refractivity contribution < 1.29 is 0 Å². The fourth-order valence-corrected chi connectivity index (χ4v) is 7.10. The fourth-order valence-electron chi connectivity index (χ4n) is 7.10. The first kappa shape index (κ1) is 30.6. The largest absolute Gasteiger partial charge is 0.309 e. The molecule has 0 saturated carbocycles. The second-order valence-electron chi connectivity index (χ2n) is 12.1. The Balaban J connectivity index is 1.53. The molecule has 0 unspecified atom stereocenters. The monoisotopic (exact) mass is 647 g/mol. The zero-order chi connectivity index (χ0) is 34.9. The summed E-state index contributed by atoms with van der Waals surface area (Å²) in [5.41, 5.74) is 11.2. The van der Waals surface area contributed by atoms with Crippen LogP contribution in [-0.4, -0.2) is 4.57 Å². The molecule has 7 aromatic carbocycles. The van der Waals surface area contributed by atoms with Gasteiger partial charge < -0.3 is 4.57 Å². The third-order valence-electron chi connectivity index (χ3n) is 9.33. The van der Waals surface area contributed by atoms with Gasteiger partial charge in [0.1, 0.15) is 0 Å². The minimum absolute atomic E-state index is 0.401. The van der Waals surface area contributed by atoms with Crippen LogP contribution in [0.3, 0.4) is 0 Å². The van der Waals surface area contributed by atoms with E-state index in [-0.39, 0.29) is 0 Å². The summed E-state index contributed by atoms with van der Waals surface area (Å²) in [5.74, 6) is 0. The first-order chi connectivity index (χ1) is 25.1. The minimum Gasteiger partial charge on any atom is -0.309 e. The van der Waals surface area contributed by atoms with Crippen LogP contribution in [0.4, 0.5) is 5.69 Å². The Kier molecular flexibility index (Phi) is 7.64. The summed E-state index contributed by atoms with van der Waals surface area (Å²) in [4.78, 5) is 3.82. The second kappa shape index (κ2) is 12.7. The van der Waals surface area contributed by atoms with Gasteiger partial charge in [-0.25, -0.2) is 4.85 Å². The normalized spacial score (nSPS) is 10.7. The van der Waals surface area contributed by atoms with Crippen LogP contribution < -0.4 is 0 Å². The summed E-state index contributed by atoms with van der Waals surface area (Å²) >= 11 is 0. The van der Waals surface area contributed by atoms with Crippen LogP contribution in [0.5, 0.6) is 0 Å². The maximum absolute atomic E-state index is 10.2. The van der Waals surface area contributed by atoms with Crippen LogP contribution in [0.1, 0.15) is 16.7 Å². The zero-order valence-electron chi connectivity index (χ0n) is 27.2. The molecule has 51 heavy (non-hydrogen) atoms. The van der Waals surface area contributed by atoms with Gasteiger partial charge in [-0.1, -0.05) is 103 Å². The van der Waals surface area contributed by atoms with Gasteiger partial charge in [-0.05, 0) is 81.9 Å². The third-order valence-corrected chi connectivity index (χ3v) is 9.33. The molecule has 0 aliphatic carbocycles. The maximum Gasteiger partial charge on any atom is 0.196 e. The van der Waals surface area contributed by atoms with Crippen molar-refractivity contribution in [2.24, 2.45) is 0 Å². The van der Waals surface area contributed by atoms with Crippen molar-refractivity contribution in [3.8, 4) is 68.4 Å². The van der Waals surface area contributed by atoms with Crippen molar-refractivity contribution in [3.05, 3.63) is 180 Å². The molecule has 0 radical (unpaired) electrons. The Morgan fingerprint density at radius 1 is 0.471 bits per heavy atom. The SMILES string of the molecule is [C-]#[N+]c1cccc(C#N)c1-c1cccc2c1c1ccc(-c3c(C#N)cccc3C#N)cc1n2-c1cc(-c2ccccc2)cc(-c2ccccc2)c1. The molecule has 0 saturated heterocycles. The van der Waals surface area contributed by atoms with Gasteiger partial charge in [-0.2, -0.15) is 15.8 Å². The highest BCUT2D eigenvalue weighted by Gasteiger charge is 2.22. The summed E-state index contributed by atoms with van der Waals surface area (Å²) in [5, 5.41) is 32.2. The highest BCUT2D eigenvalue weighted by atomic mass is 15.0. The average Bonchev–Trinajstić information content (AvgIpc) is 3.54. The molecule has 0 bridgehead atoms. The number of rotatable bonds is 5. The maximum atomic E-state index is 10.2. The Bertz CT molecular complexity index is 2710. The van der Waals surface area contributed by atoms with Crippen LogP contribution in [0, 0.1) is 40.6 Å². The van der Waals surface area contributed by atoms with Gasteiger partial charge in [0.15, 0.2) is 5.69 Å². The molecule has 0 atom stereocenters. The number of fused-ring (bicyclic) bond motifs is 3. The second-order valence-corrected chi connectivity index (χ2v) is 12.1. The lowest BCUT2D eigenvalue weighted by Gasteiger charge is -2.15. The van der Waals surface area contributed by atoms with Gasteiger partial charge in [-0.3, -0.25) is 0 Å². The Labute approximate surface area is 295 Å². The molecular weight excluding hydrogens is 623 g/mol. The van der Waals surface area contributed by atoms with Crippen molar-refractivity contribution >= 4 is 27.5 Å². The minimum atomic E-state index is 0.401. The third kappa shape index (κ3) is 5.17. The summed E-state index contributed by atoms with van der Waals surface area (Å²) in [6.45, 7) is 7.98. The Hall–Kier alpha value is -7.70. The molecule has 8 aromatic rings. The molecule has 234 valence electrons. The van der Waals surface area contributed by atoms with Crippen LogP contribution in [0.2, 0.25) is 0 Å². The molecule has 5 heteroatoms. The average molecular weight is 648 g/mol. The standard InChI is InChI=1S/C46H25N5/c1-50-41-19-9-17-35(29-49)45(41)40-18-10-20-42-46(40)39-22-21-32(44-33(27-47)15-8-16-34(44)28-48)26-43(39)51(42)38-24-36(30-11-4-2-5-12-30)23-37(25-38)31-13-6-3-7-14-31/h2-26H. The molecule has 8 rings (SSSR count). The summed E-state index contributed by atoms with van der Waals surface area (Å²) in [6, 6.07) is 56.4. The Morgan fingerprint density at radius 2 is 1.04 bits per heavy atom. The highest BCUT2D eigenvalue weighted by Crippen LogP contribution is 2.45. The van der Waals surface area contributed by atoms with Gasteiger partial charge in [-0.15, -0.1) is 0 Å². The van der Waals surface area contributed by atoms with Crippen LogP contribution in [0.15, 0.2) is 152 Å². The Morgan fingerprint density at radius 3 is 1.63 bits per heavy atom. The van der Waals surface area contributed by atoms with Gasteiger partial charge in [0.25, 0.3) is 0 Å².